The minimum absolute atomic E-state index is 0.0160. The Labute approximate surface area is 223 Å². The molecule has 1 atom stereocenters. The monoisotopic (exact) mass is 537 g/mol. The van der Waals surface area contributed by atoms with E-state index in [1.165, 1.54) is 22.1 Å². The number of pyridine rings is 1. The van der Waals surface area contributed by atoms with Crippen molar-refractivity contribution < 1.29 is 9.59 Å². The molecule has 0 spiro atoms. The summed E-state index contributed by atoms with van der Waals surface area (Å²) in [4.78, 5) is 46.9. The topological polar surface area (TPSA) is 207 Å². The Balaban J connectivity index is 1.73. The van der Waals surface area contributed by atoms with Gasteiger partial charge in [-0.2, -0.15) is 0 Å². The SMILES string of the molecule is CNc1c(Cc2ccc(C(=N)N)cc2)ccn(CC(=O)N[C@@H](CCCN=C(N)N)C(=O)c2nccs2)c1=O. The van der Waals surface area contributed by atoms with Crippen molar-refractivity contribution in [1.82, 2.24) is 14.9 Å². The van der Waals surface area contributed by atoms with Crippen LogP contribution in [0.2, 0.25) is 0 Å². The number of benzene rings is 1. The molecule has 12 nitrogen and oxygen atoms in total. The Bertz CT molecular complexity index is 1360. The Morgan fingerprint density at radius 3 is 2.53 bits per heavy atom. The summed E-state index contributed by atoms with van der Waals surface area (Å²) in [6.07, 6.45) is 4.31. The van der Waals surface area contributed by atoms with Crippen molar-refractivity contribution in [3.8, 4) is 0 Å². The second kappa shape index (κ2) is 13.1. The molecule has 3 rings (SSSR count). The molecule has 0 unspecified atom stereocenters. The van der Waals surface area contributed by atoms with E-state index in [-0.39, 0.29) is 34.7 Å². The van der Waals surface area contributed by atoms with Gasteiger partial charge in [-0.15, -0.1) is 11.3 Å². The summed E-state index contributed by atoms with van der Waals surface area (Å²) in [6.45, 7) is 0.0421. The number of nitrogens with zero attached hydrogens (tertiary/aromatic N) is 3. The van der Waals surface area contributed by atoms with Gasteiger partial charge in [0.1, 0.15) is 18.1 Å². The van der Waals surface area contributed by atoms with Gasteiger partial charge in [-0.25, -0.2) is 4.98 Å². The molecular formula is C25H31N9O3S. The zero-order valence-corrected chi connectivity index (χ0v) is 21.8. The molecule has 0 bridgehead atoms. The number of Topliss-reactive ketones (excluding diaryl/α,β-unsaturated/α-hetero) is 1. The number of hydrogen-bond donors (Lipinski definition) is 6. The van der Waals surface area contributed by atoms with Crippen LogP contribution in [0.1, 0.15) is 39.3 Å². The third-order valence-electron chi connectivity index (χ3n) is 5.72. The number of nitrogen functional groups attached to an aromatic ring is 1. The Kier molecular flexibility index (Phi) is 9.71. The number of aliphatic imine (C=N–C) groups is 1. The summed E-state index contributed by atoms with van der Waals surface area (Å²) in [5, 5.41) is 15.2. The zero-order valence-electron chi connectivity index (χ0n) is 20.9. The van der Waals surface area contributed by atoms with Crippen LogP contribution in [0.3, 0.4) is 0 Å². The number of hydrogen-bond acceptors (Lipinski definition) is 8. The van der Waals surface area contributed by atoms with Gasteiger partial charge < -0.3 is 32.4 Å². The van der Waals surface area contributed by atoms with Gasteiger partial charge in [0.15, 0.2) is 11.0 Å². The summed E-state index contributed by atoms with van der Waals surface area (Å²) >= 11 is 1.19. The van der Waals surface area contributed by atoms with Crippen molar-refractivity contribution in [3.05, 3.63) is 80.2 Å². The predicted octanol–water partition coefficient (Wildman–Crippen LogP) is 0.643. The number of nitrogens with one attached hydrogen (secondary N) is 3. The largest absolute Gasteiger partial charge is 0.384 e. The van der Waals surface area contributed by atoms with Crippen LogP contribution in [-0.4, -0.2) is 52.7 Å². The number of carbonyl (C=O) groups excluding carboxylic acids is 2. The van der Waals surface area contributed by atoms with Crippen molar-refractivity contribution in [2.24, 2.45) is 22.2 Å². The third-order valence-corrected chi connectivity index (χ3v) is 6.50. The van der Waals surface area contributed by atoms with Crippen molar-refractivity contribution in [1.29, 1.82) is 5.41 Å². The molecule has 3 aromatic rings. The molecule has 0 saturated heterocycles. The first-order valence-electron chi connectivity index (χ1n) is 11.8. The average Bonchev–Trinajstić information content (AvgIpc) is 3.42. The Morgan fingerprint density at radius 1 is 1.18 bits per heavy atom. The van der Waals surface area contributed by atoms with E-state index in [1.807, 2.05) is 12.1 Å². The number of anilines is 1. The lowest BCUT2D eigenvalue weighted by molar-refractivity contribution is -0.122. The highest BCUT2D eigenvalue weighted by Crippen LogP contribution is 2.16. The molecule has 1 amide bonds. The van der Waals surface area contributed by atoms with Gasteiger partial charge in [-0.1, -0.05) is 24.3 Å². The Hall–Kier alpha value is -4.52. The van der Waals surface area contributed by atoms with E-state index < -0.39 is 11.9 Å². The molecule has 2 aromatic heterocycles. The van der Waals surface area contributed by atoms with Crippen LogP contribution in [-0.2, 0) is 17.8 Å². The summed E-state index contributed by atoms with van der Waals surface area (Å²) in [5.74, 6) is -0.864. The van der Waals surface area contributed by atoms with E-state index in [0.29, 0.717) is 37.1 Å². The van der Waals surface area contributed by atoms with Crippen LogP contribution in [0.25, 0.3) is 0 Å². The lowest BCUT2D eigenvalue weighted by atomic mass is 10.0. The van der Waals surface area contributed by atoms with E-state index in [0.717, 1.165) is 11.1 Å². The van der Waals surface area contributed by atoms with Crippen LogP contribution in [0, 0.1) is 5.41 Å². The van der Waals surface area contributed by atoms with Crippen LogP contribution in [0.4, 0.5) is 5.69 Å². The van der Waals surface area contributed by atoms with Crippen LogP contribution in [0.5, 0.6) is 0 Å². The molecule has 0 fully saturated rings. The maximum atomic E-state index is 13.1. The standard InChI is InChI=1S/C25H31N9O3S/c1-30-20-17(13-15-4-6-16(7-5-15)22(26)27)8-11-34(24(20)37)14-19(35)33-18(3-2-9-32-25(28)29)21(36)23-31-10-12-38-23/h4-8,10-12,18,30H,2-3,9,13-14H2,1H3,(H3,26,27)(H,33,35)(H4,28,29,32)/t18-/m0/s1. The number of guanidine groups is 1. The van der Waals surface area contributed by atoms with Crippen molar-refractivity contribution in [2.75, 3.05) is 18.9 Å². The molecule has 0 saturated carbocycles. The maximum absolute atomic E-state index is 13.1. The number of aromatic nitrogens is 2. The maximum Gasteiger partial charge on any atom is 0.274 e. The van der Waals surface area contributed by atoms with Gasteiger partial charge >= 0.3 is 0 Å². The smallest absolute Gasteiger partial charge is 0.274 e. The second-order valence-corrected chi connectivity index (χ2v) is 9.35. The first-order valence-corrected chi connectivity index (χ1v) is 12.7. The van der Waals surface area contributed by atoms with Gasteiger partial charge in [-0.05, 0) is 36.5 Å². The molecule has 1 aromatic carbocycles. The number of carbonyl (C=O) groups is 2. The molecule has 0 aliphatic rings. The summed E-state index contributed by atoms with van der Waals surface area (Å²) in [5.41, 5.74) is 18.5. The van der Waals surface area contributed by atoms with Gasteiger partial charge in [0.2, 0.25) is 11.7 Å². The van der Waals surface area contributed by atoms with E-state index in [9.17, 15) is 14.4 Å². The van der Waals surface area contributed by atoms with Gasteiger partial charge in [0.25, 0.3) is 5.56 Å². The van der Waals surface area contributed by atoms with Crippen molar-refractivity contribution >= 4 is 40.5 Å². The summed E-state index contributed by atoms with van der Waals surface area (Å²) in [7, 11) is 1.64. The van der Waals surface area contributed by atoms with Gasteiger partial charge in [0, 0.05) is 36.9 Å². The number of amidine groups is 1. The highest BCUT2D eigenvalue weighted by molar-refractivity contribution is 7.11. The molecule has 0 aliphatic carbocycles. The lowest BCUT2D eigenvalue weighted by Crippen LogP contribution is -2.43. The first-order chi connectivity index (χ1) is 18.2. The molecule has 0 aliphatic heterocycles. The van der Waals surface area contributed by atoms with E-state index in [4.69, 9.17) is 22.6 Å². The van der Waals surface area contributed by atoms with E-state index in [1.54, 1.807) is 36.8 Å². The molecule has 9 N–H and O–H groups in total. The molecule has 2 heterocycles. The second-order valence-electron chi connectivity index (χ2n) is 8.46. The summed E-state index contributed by atoms with van der Waals surface area (Å²) in [6, 6.07) is 8.14. The van der Waals surface area contributed by atoms with Crippen LogP contribution >= 0.6 is 11.3 Å². The number of thiazole rings is 1. The minimum atomic E-state index is -0.834. The number of nitrogens with two attached hydrogens (primary N) is 3. The molecule has 38 heavy (non-hydrogen) atoms. The lowest BCUT2D eigenvalue weighted by Gasteiger charge is -2.18. The van der Waals surface area contributed by atoms with Gasteiger partial charge in [-0.3, -0.25) is 24.8 Å². The highest BCUT2D eigenvalue weighted by atomic mass is 32.1. The fourth-order valence-corrected chi connectivity index (χ4v) is 4.47. The Morgan fingerprint density at radius 2 is 1.92 bits per heavy atom. The summed E-state index contributed by atoms with van der Waals surface area (Å²) < 4.78 is 1.29. The number of amides is 1. The minimum Gasteiger partial charge on any atom is -0.384 e. The quantitative estimate of drug-likeness (QED) is 0.0787. The van der Waals surface area contributed by atoms with Gasteiger partial charge in [0.05, 0.1) is 6.04 Å². The molecule has 13 heteroatoms. The average molecular weight is 538 g/mol. The molecule has 200 valence electrons. The van der Waals surface area contributed by atoms with Crippen LogP contribution < -0.4 is 33.4 Å². The first kappa shape index (κ1) is 28.1. The van der Waals surface area contributed by atoms with Crippen molar-refractivity contribution in [2.45, 2.75) is 31.8 Å². The number of rotatable bonds is 13. The van der Waals surface area contributed by atoms with E-state index >= 15 is 0 Å². The fraction of sp³-hybridized carbons (Fsp3) is 0.280. The predicted molar refractivity (Wildman–Crippen MR) is 149 cm³/mol. The van der Waals surface area contributed by atoms with Crippen LogP contribution in [0.15, 0.2) is 57.9 Å². The zero-order chi connectivity index (χ0) is 27.7. The molecular weight excluding hydrogens is 506 g/mol. The molecule has 0 radical (unpaired) electrons. The van der Waals surface area contributed by atoms with E-state index in [2.05, 4.69) is 20.6 Å². The number of ketones is 1. The third kappa shape index (κ3) is 7.49. The highest BCUT2D eigenvalue weighted by Gasteiger charge is 2.24. The normalized spacial score (nSPS) is 11.4. The fourth-order valence-electron chi connectivity index (χ4n) is 3.83. The van der Waals surface area contributed by atoms with Crippen molar-refractivity contribution in [3.63, 3.8) is 0 Å².